The Morgan fingerprint density at radius 3 is 1.27 bits per heavy atom. The van der Waals surface area contributed by atoms with Gasteiger partial charge in [0.1, 0.15) is 4.84 Å². The predicted molar refractivity (Wildman–Crippen MR) is 56.4 cm³/mol. The Balaban J connectivity index is 0. The SMILES string of the molecule is CCC(Cl)(Cl)Cl.CCC(Cl)Cl. The van der Waals surface area contributed by atoms with Gasteiger partial charge < -0.3 is 0 Å². The Labute approximate surface area is 93.1 Å². The first-order valence-electron chi connectivity index (χ1n) is 3.18. The fraction of sp³-hybridized carbons (Fsp3) is 1.00. The van der Waals surface area contributed by atoms with E-state index >= 15 is 0 Å². The van der Waals surface area contributed by atoms with Gasteiger partial charge in [-0.3, -0.25) is 0 Å². The van der Waals surface area contributed by atoms with E-state index in [0.29, 0.717) is 6.42 Å². The Bertz CT molecular complexity index is 75.5. The molecule has 0 atom stereocenters. The number of alkyl halides is 5. The quantitative estimate of drug-likeness (QED) is 0.584. The minimum Gasteiger partial charge on any atom is -0.105 e. The van der Waals surface area contributed by atoms with Crippen LogP contribution in [0, 0.1) is 0 Å². The molecule has 0 saturated carbocycles. The number of hydrogen-bond acceptors (Lipinski definition) is 0. The summed E-state index contributed by atoms with van der Waals surface area (Å²) >= 11 is 26.2. The molecule has 0 saturated heterocycles. The minimum absolute atomic E-state index is 0.171. The summed E-state index contributed by atoms with van der Waals surface area (Å²) in [5.74, 6) is 0. The van der Waals surface area contributed by atoms with Crippen LogP contribution in [0.15, 0.2) is 0 Å². The molecule has 0 fully saturated rings. The van der Waals surface area contributed by atoms with Crippen molar-refractivity contribution in [3.8, 4) is 0 Å². The van der Waals surface area contributed by atoms with E-state index < -0.39 is 3.79 Å². The van der Waals surface area contributed by atoms with Crippen molar-refractivity contribution >= 4 is 58.0 Å². The van der Waals surface area contributed by atoms with Crippen LogP contribution in [0.4, 0.5) is 0 Å². The smallest absolute Gasteiger partial charge is 0.105 e. The van der Waals surface area contributed by atoms with Gasteiger partial charge in [0.15, 0.2) is 3.79 Å². The third kappa shape index (κ3) is 24.6. The second-order valence-corrected chi connectivity index (χ2v) is 5.56. The average Bonchev–Trinajstić information content (AvgIpc) is 1.88. The molecule has 0 heterocycles. The number of rotatable bonds is 1. The Kier molecular flexibility index (Phi) is 11.0. The molecule has 0 aliphatic heterocycles. The molecule has 0 nitrogen and oxygen atoms in total. The average molecular weight is 260 g/mol. The fourth-order valence-electron chi connectivity index (χ4n) is 0. The van der Waals surface area contributed by atoms with E-state index in [-0.39, 0.29) is 4.84 Å². The summed E-state index contributed by atoms with van der Waals surface area (Å²) in [6, 6.07) is 0. The van der Waals surface area contributed by atoms with Crippen LogP contribution in [0.3, 0.4) is 0 Å². The van der Waals surface area contributed by atoms with Crippen LogP contribution in [-0.2, 0) is 0 Å². The molecular formula is C6H11Cl5. The second-order valence-electron chi connectivity index (χ2n) is 1.77. The summed E-state index contributed by atoms with van der Waals surface area (Å²) in [6.45, 7) is 3.75. The summed E-state index contributed by atoms with van der Waals surface area (Å²) in [5.41, 5.74) is 0. The van der Waals surface area contributed by atoms with Gasteiger partial charge in [0, 0.05) is 0 Å². The largest absolute Gasteiger partial charge is 0.190 e. The van der Waals surface area contributed by atoms with Crippen LogP contribution in [0.2, 0.25) is 0 Å². The molecule has 0 spiro atoms. The zero-order valence-electron chi connectivity index (χ0n) is 6.38. The van der Waals surface area contributed by atoms with Crippen molar-refractivity contribution in [3.05, 3.63) is 0 Å². The van der Waals surface area contributed by atoms with Crippen molar-refractivity contribution in [1.29, 1.82) is 0 Å². The zero-order valence-corrected chi connectivity index (χ0v) is 10.2. The van der Waals surface area contributed by atoms with E-state index in [1.807, 2.05) is 13.8 Å². The highest BCUT2D eigenvalue weighted by atomic mass is 35.6. The van der Waals surface area contributed by atoms with Crippen LogP contribution in [0.5, 0.6) is 0 Å². The standard InChI is InChI=1S/C3H5Cl3.C3H6Cl2/c1-2-3(4,5)6;1-2-3(4)5/h2H2,1H3;3H,2H2,1H3. The van der Waals surface area contributed by atoms with Crippen molar-refractivity contribution < 1.29 is 0 Å². The van der Waals surface area contributed by atoms with Gasteiger partial charge in [0.2, 0.25) is 0 Å². The van der Waals surface area contributed by atoms with Crippen LogP contribution in [-0.4, -0.2) is 8.63 Å². The van der Waals surface area contributed by atoms with Gasteiger partial charge in [-0.05, 0) is 12.8 Å². The van der Waals surface area contributed by atoms with Crippen molar-refractivity contribution in [2.24, 2.45) is 0 Å². The molecule has 0 N–H and O–H groups in total. The van der Waals surface area contributed by atoms with Crippen molar-refractivity contribution in [3.63, 3.8) is 0 Å². The molecular weight excluding hydrogens is 249 g/mol. The Morgan fingerprint density at radius 2 is 1.27 bits per heavy atom. The molecule has 0 amide bonds. The van der Waals surface area contributed by atoms with E-state index in [1.165, 1.54) is 0 Å². The van der Waals surface area contributed by atoms with E-state index in [1.54, 1.807) is 0 Å². The maximum absolute atomic E-state index is 5.25. The fourth-order valence-corrected chi connectivity index (χ4v) is 0. The molecule has 0 aliphatic carbocycles. The number of hydrogen-bond donors (Lipinski definition) is 0. The summed E-state index contributed by atoms with van der Waals surface area (Å²) < 4.78 is -1.04. The Hall–Kier alpha value is 1.45. The van der Waals surface area contributed by atoms with E-state index in [2.05, 4.69) is 0 Å². The van der Waals surface area contributed by atoms with Gasteiger partial charge in [-0.15, -0.1) is 23.2 Å². The lowest BCUT2D eigenvalue weighted by molar-refractivity contribution is 0.974. The first-order chi connectivity index (χ1) is 4.83. The third-order valence-electron chi connectivity index (χ3n) is 0.709. The van der Waals surface area contributed by atoms with Gasteiger partial charge in [-0.1, -0.05) is 48.7 Å². The van der Waals surface area contributed by atoms with Gasteiger partial charge in [0.05, 0.1) is 0 Å². The minimum atomic E-state index is -1.04. The first-order valence-corrected chi connectivity index (χ1v) is 5.19. The molecule has 0 rings (SSSR count). The molecule has 0 radical (unpaired) electrons. The lowest BCUT2D eigenvalue weighted by atomic mass is 10.6. The predicted octanol–water partition coefficient (Wildman–Crippen LogP) is 4.97. The maximum atomic E-state index is 5.25. The zero-order chi connectivity index (χ0) is 9.49. The van der Waals surface area contributed by atoms with Crippen LogP contribution in [0.1, 0.15) is 26.7 Å². The molecule has 0 aromatic carbocycles. The molecule has 5 heteroatoms. The highest BCUT2D eigenvalue weighted by Crippen LogP contribution is 2.28. The first kappa shape index (κ1) is 14.9. The summed E-state index contributed by atoms with van der Waals surface area (Å²) in [7, 11) is 0. The highest BCUT2D eigenvalue weighted by Gasteiger charge is 2.14. The highest BCUT2D eigenvalue weighted by molar-refractivity contribution is 6.67. The molecule has 0 aromatic rings. The topological polar surface area (TPSA) is 0 Å². The molecule has 0 aliphatic rings. The van der Waals surface area contributed by atoms with E-state index in [9.17, 15) is 0 Å². The van der Waals surface area contributed by atoms with Crippen molar-refractivity contribution in [1.82, 2.24) is 0 Å². The van der Waals surface area contributed by atoms with Crippen molar-refractivity contribution in [2.75, 3.05) is 0 Å². The summed E-state index contributed by atoms with van der Waals surface area (Å²) in [4.78, 5) is -0.171. The van der Waals surface area contributed by atoms with Gasteiger partial charge in [-0.2, -0.15) is 0 Å². The monoisotopic (exact) mass is 258 g/mol. The second kappa shape index (κ2) is 8.07. The van der Waals surface area contributed by atoms with Crippen LogP contribution >= 0.6 is 58.0 Å². The molecule has 11 heavy (non-hydrogen) atoms. The normalized spacial score (nSPS) is 10.9. The van der Waals surface area contributed by atoms with Gasteiger partial charge >= 0.3 is 0 Å². The van der Waals surface area contributed by atoms with E-state index in [4.69, 9.17) is 58.0 Å². The van der Waals surface area contributed by atoms with E-state index in [0.717, 1.165) is 6.42 Å². The molecule has 0 unspecified atom stereocenters. The molecule has 0 bridgehead atoms. The maximum Gasteiger partial charge on any atom is 0.190 e. The Morgan fingerprint density at radius 1 is 1.09 bits per heavy atom. The van der Waals surface area contributed by atoms with Gasteiger partial charge in [0.25, 0.3) is 0 Å². The lowest BCUT2D eigenvalue weighted by Gasteiger charge is -2.02. The van der Waals surface area contributed by atoms with Gasteiger partial charge in [-0.25, -0.2) is 0 Å². The van der Waals surface area contributed by atoms with Crippen LogP contribution in [0.25, 0.3) is 0 Å². The van der Waals surface area contributed by atoms with Crippen molar-refractivity contribution in [2.45, 2.75) is 35.3 Å². The number of halogens is 5. The summed E-state index contributed by atoms with van der Waals surface area (Å²) in [5, 5.41) is 0. The summed E-state index contributed by atoms with van der Waals surface area (Å²) in [6.07, 6.45) is 1.40. The lowest BCUT2D eigenvalue weighted by Crippen LogP contribution is -1.95. The molecule has 70 valence electrons. The molecule has 0 aromatic heterocycles. The van der Waals surface area contributed by atoms with Crippen LogP contribution < -0.4 is 0 Å². The third-order valence-corrected chi connectivity index (χ3v) is 2.13.